The number of fused-ring (bicyclic) bond motifs is 4. The molecular formula is C39H29Cl2F2N3O5. The molecule has 12 heteroatoms. The predicted octanol–water partition coefficient (Wildman–Crippen LogP) is 7.48. The molecule has 1 saturated carbocycles. The van der Waals surface area contributed by atoms with E-state index in [1.807, 2.05) is 13.0 Å². The number of hydrazine groups is 1. The van der Waals surface area contributed by atoms with Gasteiger partial charge >= 0.3 is 0 Å². The molecule has 2 N–H and O–H groups in total. The van der Waals surface area contributed by atoms with Gasteiger partial charge in [-0.05, 0) is 103 Å². The van der Waals surface area contributed by atoms with Crippen molar-refractivity contribution in [2.24, 2.45) is 23.7 Å². The number of nitrogens with zero attached hydrogens (tertiary/aromatic N) is 2. The van der Waals surface area contributed by atoms with Gasteiger partial charge in [-0.25, -0.2) is 13.7 Å². The van der Waals surface area contributed by atoms with Crippen LogP contribution < -0.4 is 10.3 Å². The minimum atomic E-state index is -1.68. The largest absolute Gasteiger partial charge is 0.505 e. The van der Waals surface area contributed by atoms with Crippen LogP contribution in [0.3, 0.4) is 0 Å². The van der Waals surface area contributed by atoms with Crippen LogP contribution in [-0.2, 0) is 24.6 Å². The number of phenolic OH excluding ortho intramolecular Hbond substituents is 1. The standard InChI is InChI=1S/C39H29Cl2F2N3O5/c1-19-2-12-25(17-30(19)41)45-35(48)27-14-13-26-28(33(27)37(45)50)18-29-36(49)46(44-24-10-8-23(42)9-11-24)38(51)39(29,21-4-6-22(40)7-5-21)34(26)20-3-15-32(47)31(43)16-20/h2-13,15-17,27-29,33-34,44,47H,14,18H2,1H3. The molecule has 6 atom stereocenters. The molecule has 2 heterocycles. The lowest BCUT2D eigenvalue weighted by atomic mass is 9.49. The molecule has 6 unspecified atom stereocenters. The summed E-state index contributed by atoms with van der Waals surface area (Å²) in [6.45, 7) is 1.81. The summed E-state index contributed by atoms with van der Waals surface area (Å²) in [4.78, 5) is 59.3. The summed E-state index contributed by atoms with van der Waals surface area (Å²) in [6, 6.07) is 20.5. The highest BCUT2D eigenvalue weighted by Crippen LogP contribution is 2.64. The van der Waals surface area contributed by atoms with Gasteiger partial charge in [-0.15, -0.1) is 0 Å². The summed E-state index contributed by atoms with van der Waals surface area (Å²) in [6.07, 6.45) is 2.02. The number of amides is 4. The quantitative estimate of drug-likeness (QED) is 0.163. The second kappa shape index (κ2) is 12.0. The van der Waals surface area contributed by atoms with Crippen LogP contribution in [0.4, 0.5) is 20.2 Å². The highest BCUT2D eigenvalue weighted by atomic mass is 35.5. The Hall–Kier alpha value is -5.06. The molecule has 51 heavy (non-hydrogen) atoms. The average molecular weight is 729 g/mol. The summed E-state index contributed by atoms with van der Waals surface area (Å²) >= 11 is 12.7. The molecule has 4 aliphatic rings. The SMILES string of the molecule is Cc1ccc(N2C(=O)C3CC=C4C(CC5C(=O)N(Nc6ccc(F)cc6)C(=O)C5(c5ccc(Cl)cc5)C4c4ccc(O)c(F)c4)C3C2=O)cc1Cl. The summed E-state index contributed by atoms with van der Waals surface area (Å²) in [5, 5.41) is 11.9. The fourth-order valence-corrected chi connectivity index (χ4v) is 9.01. The molecule has 8 rings (SSSR count). The van der Waals surface area contributed by atoms with Crippen molar-refractivity contribution in [3.05, 3.63) is 135 Å². The zero-order valence-corrected chi connectivity index (χ0v) is 28.5. The van der Waals surface area contributed by atoms with Gasteiger partial charge in [0.25, 0.3) is 11.8 Å². The summed E-state index contributed by atoms with van der Waals surface area (Å²) in [5.74, 6) is -8.57. The molecule has 0 aromatic heterocycles. The van der Waals surface area contributed by atoms with Gasteiger partial charge < -0.3 is 5.11 Å². The Kier molecular flexibility index (Phi) is 7.81. The lowest BCUT2D eigenvalue weighted by Crippen LogP contribution is -2.53. The fraction of sp³-hybridized carbons (Fsp3) is 0.231. The van der Waals surface area contributed by atoms with Gasteiger partial charge in [-0.1, -0.05) is 59.1 Å². The lowest BCUT2D eigenvalue weighted by molar-refractivity contribution is -0.138. The Balaban J connectivity index is 1.32. The minimum absolute atomic E-state index is 0.0143. The second-order valence-electron chi connectivity index (χ2n) is 13.5. The van der Waals surface area contributed by atoms with E-state index in [4.69, 9.17) is 23.2 Å². The smallest absolute Gasteiger partial charge is 0.260 e. The normalized spacial score (nSPS) is 26.9. The van der Waals surface area contributed by atoms with Crippen LogP contribution in [0.15, 0.2) is 96.6 Å². The minimum Gasteiger partial charge on any atom is -0.505 e. The van der Waals surface area contributed by atoms with E-state index in [2.05, 4.69) is 5.43 Å². The van der Waals surface area contributed by atoms with Crippen molar-refractivity contribution in [3.8, 4) is 5.75 Å². The van der Waals surface area contributed by atoms with Crippen LogP contribution in [0.2, 0.25) is 10.0 Å². The molecule has 4 aromatic carbocycles. The van der Waals surface area contributed by atoms with Gasteiger partial charge in [0.1, 0.15) is 5.82 Å². The summed E-state index contributed by atoms with van der Waals surface area (Å²) < 4.78 is 29.1. The Bertz CT molecular complexity index is 2190. The van der Waals surface area contributed by atoms with Gasteiger partial charge in [0.2, 0.25) is 11.8 Å². The monoisotopic (exact) mass is 727 g/mol. The first kappa shape index (κ1) is 33.1. The number of allylic oxidation sites excluding steroid dienone is 2. The molecule has 3 fully saturated rings. The zero-order valence-electron chi connectivity index (χ0n) is 26.9. The van der Waals surface area contributed by atoms with Crippen LogP contribution in [-0.4, -0.2) is 33.7 Å². The van der Waals surface area contributed by atoms with Gasteiger partial charge in [0, 0.05) is 16.0 Å². The number of aromatic hydroxyl groups is 1. The number of phenols is 1. The van der Waals surface area contributed by atoms with E-state index in [0.29, 0.717) is 32.4 Å². The molecule has 0 spiro atoms. The molecule has 2 aliphatic carbocycles. The van der Waals surface area contributed by atoms with E-state index < -0.39 is 76.0 Å². The zero-order chi connectivity index (χ0) is 35.9. The first-order valence-electron chi connectivity index (χ1n) is 16.4. The number of aryl methyl sites for hydroxylation is 1. The summed E-state index contributed by atoms with van der Waals surface area (Å²) in [7, 11) is 0. The van der Waals surface area contributed by atoms with Gasteiger partial charge in [-0.2, -0.15) is 5.01 Å². The molecule has 2 saturated heterocycles. The van der Waals surface area contributed by atoms with Gasteiger partial charge in [-0.3, -0.25) is 24.6 Å². The lowest BCUT2D eigenvalue weighted by Gasteiger charge is -2.50. The Morgan fingerprint density at radius 2 is 1.57 bits per heavy atom. The van der Waals surface area contributed by atoms with E-state index in [0.717, 1.165) is 21.5 Å². The number of carbonyl (C=O) groups excluding carboxylic acids is 4. The summed E-state index contributed by atoms with van der Waals surface area (Å²) in [5.41, 5.74) is 3.92. The molecule has 4 aromatic rings. The number of halogens is 4. The Morgan fingerprint density at radius 1 is 0.843 bits per heavy atom. The topological polar surface area (TPSA) is 107 Å². The van der Waals surface area contributed by atoms with Crippen molar-refractivity contribution in [2.45, 2.75) is 31.1 Å². The molecule has 8 nitrogen and oxygen atoms in total. The van der Waals surface area contributed by atoms with E-state index in [1.165, 1.54) is 36.4 Å². The molecule has 258 valence electrons. The number of nitrogens with one attached hydrogen (secondary N) is 1. The third kappa shape index (κ3) is 4.91. The highest BCUT2D eigenvalue weighted by Gasteiger charge is 2.70. The Morgan fingerprint density at radius 3 is 2.25 bits per heavy atom. The van der Waals surface area contributed by atoms with E-state index in [1.54, 1.807) is 42.5 Å². The van der Waals surface area contributed by atoms with Crippen LogP contribution in [0.5, 0.6) is 5.75 Å². The number of rotatable bonds is 5. The van der Waals surface area contributed by atoms with Crippen LogP contribution in [0.25, 0.3) is 0 Å². The van der Waals surface area contributed by atoms with Crippen LogP contribution >= 0.6 is 23.2 Å². The van der Waals surface area contributed by atoms with Crippen molar-refractivity contribution in [2.75, 3.05) is 10.3 Å². The molecule has 4 amide bonds. The molecule has 0 bridgehead atoms. The number of hydrogen-bond acceptors (Lipinski definition) is 6. The van der Waals surface area contributed by atoms with Crippen LogP contribution in [0.1, 0.15) is 35.4 Å². The molecule has 2 aliphatic heterocycles. The van der Waals surface area contributed by atoms with Gasteiger partial charge in [0.05, 0.1) is 34.5 Å². The fourth-order valence-electron chi connectivity index (χ4n) is 8.71. The van der Waals surface area contributed by atoms with Crippen molar-refractivity contribution >= 4 is 58.2 Å². The third-order valence-corrected chi connectivity index (χ3v) is 11.6. The number of benzene rings is 4. The van der Waals surface area contributed by atoms with Crippen LogP contribution in [0, 0.1) is 42.2 Å². The first-order chi connectivity index (χ1) is 24.4. The second-order valence-corrected chi connectivity index (χ2v) is 14.4. The van der Waals surface area contributed by atoms with Crippen molar-refractivity contribution in [3.63, 3.8) is 0 Å². The first-order valence-corrected chi connectivity index (χ1v) is 17.2. The van der Waals surface area contributed by atoms with Crippen molar-refractivity contribution in [1.29, 1.82) is 0 Å². The number of hydrogen-bond donors (Lipinski definition) is 2. The van der Waals surface area contributed by atoms with E-state index >= 15 is 9.18 Å². The highest BCUT2D eigenvalue weighted by molar-refractivity contribution is 6.32. The van der Waals surface area contributed by atoms with E-state index in [-0.39, 0.29) is 18.5 Å². The third-order valence-electron chi connectivity index (χ3n) is 11.0. The average Bonchev–Trinajstić information content (AvgIpc) is 3.49. The molecular weight excluding hydrogens is 699 g/mol. The molecule has 0 radical (unpaired) electrons. The Labute approximate surface area is 301 Å². The maximum absolute atomic E-state index is 15.3. The van der Waals surface area contributed by atoms with E-state index in [9.17, 15) is 23.9 Å². The predicted molar refractivity (Wildman–Crippen MR) is 186 cm³/mol. The maximum atomic E-state index is 15.3. The maximum Gasteiger partial charge on any atom is 0.260 e. The van der Waals surface area contributed by atoms with Crippen molar-refractivity contribution < 1.29 is 33.1 Å². The van der Waals surface area contributed by atoms with Crippen molar-refractivity contribution in [1.82, 2.24) is 5.01 Å². The number of imide groups is 2. The number of carbonyl (C=O) groups is 4. The number of anilines is 2. The van der Waals surface area contributed by atoms with Gasteiger partial charge in [0.15, 0.2) is 11.6 Å².